The Morgan fingerprint density at radius 1 is 1.35 bits per heavy atom. The molecule has 1 aliphatic carbocycles. The van der Waals surface area contributed by atoms with Gasteiger partial charge in [0, 0.05) is 18.3 Å². The Morgan fingerprint density at radius 3 is 2.75 bits per heavy atom. The van der Waals surface area contributed by atoms with Gasteiger partial charge in [0.15, 0.2) is 0 Å². The van der Waals surface area contributed by atoms with Crippen LogP contribution in [0.15, 0.2) is 18.3 Å². The predicted octanol–water partition coefficient (Wildman–Crippen LogP) is 2.33. The third-order valence-electron chi connectivity index (χ3n) is 4.93. The highest BCUT2D eigenvalue weighted by molar-refractivity contribution is 5.93. The number of carbonyl (C=O) groups is 1. The van der Waals surface area contributed by atoms with Crippen molar-refractivity contribution in [2.75, 3.05) is 13.1 Å². The van der Waals surface area contributed by atoms with E-state index in [1.54, 1.807) is 0 Å². The molecule has 1 aliphatic heterocycles. The van der Waals surface area contributed by atoms with E-state index in [-0.39, 0.29) is 5.91 Å². The molecule has 2 aliphatic rings. The van der Waals surface area contributed by atoms with Crippen molar-refractivity contribution in [1.29, 1.82) is 0 Å². The Labute approximate surface area is 120 Å². The van der Waals surface area contributed by atoms with Gasteiger partial charge in [-0.15, -0.1) is 0 Å². The third-order valence-corrected chi connectivity index (χ3v) is 4.93. The first-order chi connectivity index (χ1) is 9.75. The summed E-state index contributed by atoms with van der Waals surface area (Å²) in [6.07, 6.45) is 8.10. The van der Waals surface area contributed by atoms with Crippen LogP contribution in [-0.2, 0) is 0 Å². The van der Waals surface area contributed by atoms with E-state index in [9.17, 15) is 4.79 Å². The fraction of sp³-hybridized carbons (Fsp3) is 0.688. The second kappa shape index (κ2) is 6.00. The summed E-state index contributed by atoms with van der Waals surface area (Å²) in [5.41, 5.74) is 0.822. The summed E-state index contributed by atoms with van der Waals surface area (Å²) in [7, 11) is 0. The number of rotatable bonds is 4. The van der Waals surface area contributed by atoms with Crippen molar-refractivity contribution in [1.82, 2.24) is 15.2 Å². The van der Waals surface area contributed by atoms with E-state index >= 15 is 0 Å². The maximum Gasteiger partial charge on any atom is 0.268 e. The molecule has 2 fully saturated rings. The first-order valence-corrected chi connectivity index (χ1v) is 7.94. The van der Waals surface area contributed by atoms with Gasteiger partial charge in [0.2, 0.25) is 0 Å². The van der Waals surface area contributed by atoms with Crippen LogP contribution in [0.2, 0.25) is 0 Å². The molecule has 1 unspecified atom stereocenters. The van der Waals surface area contributed by atoms with Crippen molar-refractivity contribution in [3.63, 3.8) is 0 Å². The van der Waals surface area contributed by atoms with Crippen molar-refractivity contribution in [3.8, 4) is 0 Å². The van der Waals surface area contributed by atoms with E-state index in [1.165, 1.54) is 19.3 Å². The standard InChI is InChI=1S/C16H25N3O/c1-12(13-4-2-5-13)18-16(20)15-6-3-11-19(15)14-7-9-17-10-8-14/h3,6,11-14,17H,2,4-5,7-10H2,1H3,(H,18,20). The largest absolute Gasteiger partial charge is 0.348 e. The molecule has 1 atom stereocenters. The Kier molecular flexibility index (Phi) is 4.10. The fourth-order valence-corrected chi connectivity index (χ4v) is 3.33. The zero-order valence-electron chi connectivity index (χ0n) is 12.3. The predicted molar refractivity (Wildman–Crippen MR) is 79.8 cm³/mol. The zero-order valence-corrected chi connectivity index (χ0v) is 12.3. The number of amides is 1. The summed E-state index contributed by atoms with van der Waals surface area (Å²) >= 11 is 0. The van der Waals surface area contributed by atoms with E-state index in [0.717, 1.165) is 31.6 Å². The summed E-state index contributed by atoms with van der Waals surface area (Å²) in [5, 5.41) is 6.56. The van der Waals surface area contributed by atoms with Gasteiger partial charge in [-0.25, -0.2) is 0 Å². The molecular formula is C16H25N3O. The summed E-state index contributed by atoms with van der Waals surface area (Å²) in [5.74, 6) is 0.772. The third kappa shape index (κ3) is 2.75. The van der Waals surface area contributed by atoms with Crippen molar-refractivity contribution in [2.24, 2.45) is 5.92 Å². The molecule has 110 valence electrons. The number of nitrogens with zero attached hydrogens (tertiary/aromatic N) is 1. The molecule has 1 aromatic heterocycles. The molecule has 0 bridgehead atoms. The van der Waals surface area contributed by atoms with Gasteiger partial charge in [-0.2, -0.15) is 0 Å². The molecule has 1 amide bonds. The average Bonchev–Trinajstić information content (AvgIpc) is 2.86. The van der Waals surface area contributed by atoms with Crippen LogP contribution in [0.5, 0.6) is 0 Å². The molecular weight excluding hydrogens is 250 g/mol. The lowest BCUT2D eigenvalue weighted by Gasteiger charge is -2.32. The lowest BCUT2D eigenvalue weighted by molar-refractivity contribution is 0.0896. The van der Waals surface area contributed by atoms with Crippen LogP contribution in [0, 0.1) is 5.92 Å². The second-order valence-electron chi connectivity index (χ2n) is 6.23. The van der Waals surface area contributed by atoms with Crippen LogP contribution in [-0.4, -0.2) is 29.6 Å². The number of hydrogen-bond acceptors (Lipinski definition) is 2. The van der Waals surface area contributed by atoms with Crippen molar-refractivity contribution in [2.45, 2.75) is 51.1 Å². The summed E-state index contributed by atoms with van der Waals surface area (Å²) in [4.78, 5) is 12.5. The van der Waals surface area contributed by atoms with Crippen LogP contribution < -0.4 is 10.6 Å². The Bertz CT molecular complexity index is 458. The fourth-order valence-electron chi connectivity index (χ4n) is 3.33. The van der Waals surface area contributed by atoms with E-state index in [2.05, 4.69) is 28.3 Å². The molecule has 4 nitrogen and oxygen atoms in total. The maximum absolute atomic E-state index is 12.5. The lowest BCUT2D eigenvalue weighted by atomic mass is 9.80. The first-order valence-electron chi connectivity index (χ1n) is 7.94. The van der Waals surface area contributed by atoms with Crippen LogP contribution in [0.3, 0.4) is 0 Å². The minimum Gasteiger partial charge on any atom is -0.348 e. The van der Waals surface area contributed by atoms with Gasteiger partial charge in [0.05, 0.1) is 0 Å². The average molecular weight is 275 g/mol. The number of aromatic nitrogens is 1. The smallest absolute Gasteiger partial charge is 0.268 e. The normalized spacial score (nSPS) is 22.2. The molecule has 1 saturated heterocycles. The van der Waals surface area contributed by atoms with Crippen molar-refractivity contribution < 1.29 is 4.79 Å². The van der Waals surface area contributed by atoms with Gasteiger partial charge in [-0.3, -0.25) is 4.79 Å². The molecule has 0 aromatic carbocycles. The van der Waals surface area contributed by atoms with Crippen LogP contribution in [0.4, 0.5) is 0 Å². The lowest BCUT2D eigenvalue weighted by Crippen LogP contribution is -2.41. The molecule has 4 heteroatoms. The van der Waals surface area contributed by atoms with Gasteiger partial charge in [-0.1, -0.05) is 6.42 Å². The topological polar surface area (TPSA) is 46.1 Å². The van der Waals surface area contributed by atoms with E-state index in [0.29, 0.717) is 18.0 Å². The van der Waals surface area contributed by atoms with Gasteiger partial charge < -0.3 is 15.2 Å². The van der Waals surface area contributed by atoms with Gasteiger partial charge in [0.1, 0.15) is 5.69 Å². The first kappa shape index (κ1) is 13.7. The van der Waals surface area contributed by atoms with Gasteiger partial charge >= 0.3 is 0 Å². The van der Waals surface area contributed by atoms with Crippen LogP contribution in [0.25, 0.3) is 0 Å². The summed E-state index contributed by atoms with van der Waals surface area (Å²) < 4.78 is 2.17. The number of nitrogens with one attached hydrogen (secondary N) is 2. The van der Waals surface area contributed by atoms with Gasteiger partial charge in [-0.05, 0) is 63.7 Å². The quantitative estimate of drug-likeness (QED) is 0.886. The Balaban J connectivity index is 1.66. The van der Waals surface area contributed by atoms with Crippen LogP contribution >= 0.6 is 0 Å². The van der Waals surface area contributed by atoms with E-state index in [4.69, 9.17) is 0 Å². The molecule has 0 spiro atoms. The molecule has 3 rings (SSSR count). The highest BCUT2D eigenvalue weighted by Gasteiger charge is 2.26. The minimum atomic E-state index is 0.0907. The highest BCUT2D eigenvalue weighted by atomic mass is 16.2. The molecule has 20 heavy (non-hydrogen) atoms. The second-order valence-corrected chi connectivity index (χ2v) is 6.23. The minimum absolute atomic E-state index is 0.0907. The molecule has 1 saturated carbocycles. The van der Waals surface area contributed by atoms with Crippen molar-refractivity contribution in [3.05, 3.63) is 24.0 Å². The Morgan fingerprint density at radius 2 is 2.10 bits per heavy atom. The van der Waals surface area contributed by atoms with E-state index in [1.807, 2.05) is 12.1 Å². The molecule has 2 N–H and O–H groups in total. The van der Waals surface area contributed by atoms with Crippen LogP contribution in [0.1, 0.15) is 55.6 Å². The monoisotopic (exact) mass is 275 g/mol. The zero-order chi connectivity index (χ0) is 13.9. The maximum atomic E-state index is 12.5. The Hall–Kier alpha value is -1.29. The van der Waals surface area contributed by atoms with Gasteiger partial charge in [0.25, 0.3) is 5.91 Å². The summed E-state index contributed by atoms with van der Waals surface area (Å²) in [6.45, 7) is 4.23. The number of hydrogen-bond donors (Lipinski definition) is 2. The van der Waals surface area contributed by atoms with E-state index < -0.39 is 0 Å². The molecule has 2 heterocycles. The van der Waals surface area contributed by atoms with Crippen molar-refractivity contribution >= 4 is 5.91 Å². The molecule has 0 radical (unpaired) electrons. The number of piperidine rings is 1. The highest BCUT2D eigenvalue weighted by Crippen LogP contribution is 2.29. The number of carbonyl (C=O) groups excluding carboxylic acids is 1. The summed E-state index contributed by atoms with van der Waals surface area (Å²) in [6, 6.07) is 4.70. The SMILES string of the molecule is CC(NC(=O)c1cccn1C1CCNCC1)C1CCC1. The molecule has 1 aromatic rings.